The van der Waals surface area contributed by atoms with Gasteiger partial charge in [0.1, 0.15) is 12.8 Å². The topological polar surface area (TPSA) is 124 Å². The number of carbonyl (C=O) groups excluding carboxylic acids is 1. The fourth-order valence-electron chi connectivity index (χ4n) is 2.39. The summed E-state index contributed by atoms with van der Waals surface area (Å²) in [6.45, 7) is -1.05. The van der Waals surface area contributed by atoms with Gasteiger partial charge in [0.2, 0.25) is 5.91 Å². The molecule has 150 valence electrons. The molecule has 7 nitrogen and oxygen atoms in total. The van der Waals surface area contributed by atoms with Crippen LogP contribution >= 0.6 is 0 Å². The molecule has 28 heavy (non-hydrogen) atoms. The SMILES string of the molecule is CS(=O)(=O)c1ccc([C@H](O)C(CF)NC(=O)/C=C/c2ccc(O)c(O)c2)cc1. The number of rotatable bonds is 7. The lowest BCUT2D eigenvalue weighted by Gasteiger charge is -2.21. The van der Waals surface area contributed by atoms with E-state index in [9.17, 15) is 32.9 Å². The van der Waals surface area contributed by atoms with Gasteiger partial charge in [-0.1, -0.05) is 18.2 Å². The minimum absolute atomic E-state index is 0.0596. The van der Waals surface area contributed by atoms with Gasteiger partial charge in [0.25, 0.3) is 0 Å². The Morgan fingerprint density at radius 1 is 1.14 bits per heavy atom. The Hall–Kier alpha value is -2.91. The summed E-state index contributed by atoms with van der Waals surface area (Å²) in [5, 5.41) is 31.3. The minimum atomic E-state index is -3.40. The van der Waals surface area contributed by atoms with E-state index in [0.717, 1.165) is 12.3 Å². The molecule has 9 heteroatoms. The molecule has 0 heterocycles. The van der Waals surface area contributed by atoms with E-state index >= 15 is 0 Å². The van der Waals surface area contributed by atoms with Crippen LogP contribution in [0.25, 0.3) is 6.08 Å². The van der Waals surface area contributed by atoms with Crippen LogP contribution in [0, 0.1) is 0 Å². The molecule has 0 saturated carbocycles. The fraction of sp³-hybridized carbons (Fsp3) is 0.211. The lowest BCUT2D eigenvalue weighted by Crippen LogP contribution is -2.40. The number of aliphatic hydroxyl groups is 1. The number of halogens is 1. The number of alkyl halides is 1. The summed E-state index contributed by atoms with van der Waals surface area (Å²) in [6, 6.07) is 8.00. The molecule has 2 rings (SSSR count). The minimum Gasteiger partial charge on any atom is -0.504 e. The maximum atomic E-state index is 13.3. The van der Waals surface area contributed by atoms with Gasteiger partial charge in [-0.15, -0.1) is 0 Å². The Kier molecular flexibility index (Phi) is 6.76. The van der Waals surface area contributed by atoms with E-state index in [4.69, 9.17) is 0 Å². The van der Waals surface area contributed by atoms with Crippen LogP contribution in [-0.4, -0.2) is 48.6 Å². The zero-order chi connectivity index (χ0) is 20.9. The normalized spacial score (nSPS) is 14.0. The highest BCUT2D eigenvalue weighted by Crippen LogP contribution is 2.25. The average Bonchev–Trinajstić information content (AvgIpc) is 2.66. The third-order valence-corrected chi connectivity index (χ3v) is 5.08. The Balaban J connectivity index is 2.06. The maximum absolute atomic E-state index is 13.3. The molecule has 0 aliphatic rings. The van der Waals surface area contributed by atoms with Crippen LogP contribution in [0.1, 0.15) is 17.2 Å². The van der Waals surface area contributed by atoms with Gasteiger partial charge in [-0.25, -0.2) is 12.8 Å². The van der Waals surface area contributed by atoms with Gasteiger partial charge in [0, 0.05) is 12.3 Å². The summed E-state index contributed by atoms with van der Waals surface area (Å²) in [6.07, 6.45) is 2.10. The average molecular weight is 409 g/mol. The zero-order valence-electron chi connectivity index (χ0n) is 14.9. The molecule has 0 bridgehead atoms. The van der Waals surface area contributed by atoms with Crippen molar-refractivity contribution in [2.24, 2.45) is 0 Å². The third-order valence-electron chi connectivity index (χ3n) is 3.95. The van der Waals surface area contributed by atoms with Crippen LogP contribution in [0.4, 0.5) is 4.39 Å². The number of phenolic OH excluding ortho intramolecular Hbond substituents is 2. The molecule has 0 aromatic heterocycles. The van der Waals surface area contributed by atoms with E-state index in [-0.39, 0.29) is 22.0 Å². The van der Waals surface area contributed by atoms with E-state index in [0.29, 0.717) is 5.56 Å². The van der Waals surface area contributed by atoms with E-state index in [1.165, 1.54) is 48.5 Å². The molecule has 2 atom stereocenters. The van der Waals surface area contributed by atoms with Gasteiger partial charge < -0.3 is 20.6 Å². The summed E-state index contributed by atoms with van der Waals surface area (Å²) in [7, 11) is -3.40. The summed E-state index contributed by atoms with van der Waals surface area (Å²) in [5.41, 5.74) is 0.682. The number of phenols is 2. The highest BCUT2D eigenvalue weighted by Gasteiger charge is 2.22. The Labute approximate surface area is 161 Å². The van der Waals surface area contributed by atoms with Crippen molar-refractivity contribution in [3.05, 3.63) is 59.7 Å². The summed E-state index contributed by atoms with van der Waals surface area (Å²) in [5.74, 6) is -1.33. The molecular weight excluding hydrogens is 389 g/mol. The number of aromatic hydroxyl groups is 2. The van der Waals surface area contributed by atoms with E-state index in [2.05, 4.69) is 5.32 Å². The summed E-state index contributed by atoms with van der Waals surface area (Å²) >= 11 is 0. The molecule has 2 aromatic carbocycles. The highest BCUT2D eigenvalue weighted by atomic mass is 32.2. The molecule has 0 spiro atoms. The van der Waals surface area contributed by atoms with E-state index in [1.54, 1.807) is 0 Å². The fourth-order valence-corrected chi connectivity index (χ4v) is 3.02. The lowest BCUT2D eigenvalue weighted by molar-refractivity contribution is -0.118. The van der Waals surface area contributed by atoms with Crippen molar-refractivity contribution in [3.8, 4) is 11.5 Å². The van der Waals surface area contributed by atoms with Crippen LogP contribution in [0.3, 0.4) is 0 Å². The first-order valence-electron chi connectivity index (χ1n) is 8.16. The first kappa shape index (κ1) is 21.4. The number of hydrogen-bond acceptors (Lipinski definition) is 6. The standard InChI is InChI=1S/C19H20FNO6S/c1-28(26,27)14-6-4-13(5-7-14)19(25)15(11-20)21-18(24)9-3-12-2-8-16(22)17(23)10-12/h2-10,15,19,22-23,25H,11H2,1H3,(H,21,24)/b9-3+/t15?,19-/m0/s1. The number of aliphatic hydroxyl groups excluding tert-OH is 1. The van der Waals surface area contributed by atoms with Gasteiger partial charge >= 0.3 is 0 Å². The zero-order valence-corrected chi connectivity index (χ0v) is 15.7. The van der Waals surface area contributed by atoms with Crippen molar-refractivity contribution in [3.63, 3.8) is 0 Å². The monoisotopic (exact) mass is 409 g/mol. The predicted octanol–water partition coefficient (Wildman–Crippen LogP) is 1.70. The van der Waals surface area contributed by atoms with Gasteiger partial charge in [0.15, 0.2) is 21.3 Å². The first-order chi connectivity index (χ1) is 13.1. The second-order valence-corrected chi connectivity index (χ2v) is 8.15. The second-order valence-electron chi connectivity index (χ2n) is 6.14. The van der Waals surface area contributed by atoms with Crippen molar-refractivity contribution in [2.45, 2.75) is 17.0 Å². The molecular formula is C19H20FNO6S. The number of sulfone groups is 1. The van der Waals surface area contributed by atoms with Crippen molar-refractivity contribution in [1.82, 2.24) is 5.32 Å². The number of benzene rings is 2. The van der Waals surface area contributed by atoms with Crippen LogP contribution in [0.5, 0.6) is 11.5 Å². The number of nitrogens with one attached hydrogen (secondary N) is 1. The molecule has 4 N–H and O–H groups in total. The molecule has 0 fully saturated rings. The van der Waals surface area contributed by atoms with Gasteiger partial charge in [0.05, 0.1) is 10.9 Å². The second kappa shape index (κ2) is 8.85. The van der Waals surface area contributed by atoms with Crippen molar-refractivity contribution < 1.29 is 32.9 Å². The molecule has 0 saturated heterocycles. The number of carbonyl (C=O) groups is 1. The molecule has 1 unspecified atom stereocenters. The Bertz CT molecular complexity index is 972. The maximum Gasteiger partial charge on any atom is 0.244 e. The Morgan fingerprint density at radius 3 is 2.32 bits per heavy atom. The predicted molar refractivity (Wildman–Crippen MR) is 101 cm³/mol. The molecule has 0 radical (unpaired) electrons. The van der Waals surface area contributed by atoms with Crippen molar-refractivity contribution in [2.75, 3.05) is 12.9 Å². The van der Waals surface area contributed by atoms with E-state index in [1.807, 2.05) is 0 Å². The lowest BCUT2D eigenvalue weighted by atomic mass is 10.0. The van der Waals surface area contributed by atoms with Gasteiger partial charge in [-0.3, -0.25) is 4.79 Å². The highest BCUT2D eigenvalue weighted by molar-refractivity contribution is 7.90. The quantitative estimate of drug-likeness (QED) is 0.408. The van der Waals surface area contributed by atoms with Crippen LogP contribution in [0.15, 0.2) is 53.4 Å². The largest absolute Gasteiger partial charge is 0.504 e. The molecule has 2 aromatic rings. The third kappa shape index (κ3) is 5.54. The molecule has 1 amide bonds. The van der Waals surface area contributed by atoms with Gasteiger partial charge in [-0.05, 0) is 41.5 Å². The van der Waals surface area contributed by atoms with E-state index < -0.39 is 34.6 Å². The molecule has 0 aliphatic carbocycles. The Morgan fingerprint density at radius 2 is 1.79 bits per heavy atom. The van der Waals surface area contributed by atoms with Crippen LogP contribution < -0.4 is 5.32 Å². The number of hydrogen-bond donors (Lipinski definition) is 4. The van der Waals surface area contributed by atoms with Crippen molar-refractivity contribution in [1.29, 1.82) is 0 Å². The van der Waals surface area contributed by atoms with Crippen LogP contribution in [-0.2, 0) is 14.6 Å². The van der Waals surface area contributed by atoms with Crippen LogP contribution in [0.2, 0.25) is 0 Å². The number of amides is 1. The molecule has 0 aliphatic heterocycles. The first-order valence-corrected chi connectivity index (χ1v) is 10.1. The van der Waals surface area contributed by atoms with Gasteiger partial charge in [-0.2, -0.15) is 0 Å². The smallest absolute Gasteiger partial charge is 0.244 e. The summed E-state index contributed by atoms with van der Waals surface area (Å²) < 4.78 is 36.3. The summed E-state index contributed by atoms with van der Waals surface area (Å²) in [4.78, 5) is 12.1. The van der Waals surface area contributed by atoms with Crippen molar-refractivity contribution >= 4 is 21.8 Å².